The minimum atomic E-state index is 0.146. The van der Waals surface area contributed by atoms with Gasteiger partial charge in [-0.05, 0) is 13.0 Å². The van der Waals surface area contributed by atoms with E-state index in [9.17, 15) is 4.79 Å². The summed E-state index contributed by atoms with van der Waals surface area (Å²) >= 11 is 1.62. The average molecular weight is 220 g/mol. The quantitative estimate of drug-likeness (QED) is 0.646. The second-order valence-corrected chi connectivity index (χ2v) is 4.32. The second kappa shape index (κ2) is 5.66. The molecule has 1 aromatic heterocycles. The van der Waals surface area contributed by atoms with Crippen molar-refractivity contribution >= 4 is 27.2 Å². The van der Waals surface area contributed by atoms with E-state index in [0.29, 0.717) is 0 Å². The van der Waals surface area contributed by atoms with E-state index >= 15 is 0 Å². The van der Waals surface area contributed by atoms with Gasteiger partial charge >= 0.3 is 0 Å². The van der Waals surface area contributed by atoms with E-state index in [0.717, 1.165) is 10.9 Å². The lowest BCUT2D eigenvalue weighted by Gasteiger charge is -1.90. The fourth-order valence-electron chi connectivity index (χ4n) is 1.25. The molecule has 0 amide bonds. The van der Waals surface area contributed by atoms with Crippen LogP contribution in [0.3, 0.4) is 0 Å². The van der Waals surface area contributed by atoms with Crippen LogP contribution in [-0.2, 0) is 0 Å². The average Bonchev–Trinajstić information content (AvgIpc) is 2.62. The topological polar surface area (TPSA) is 17.1 Å². The molecule has 1 nitrogen and oxygen atoms in total. The molecule has 2 aromatic rings. The molecule has 0 N–H and O–H groups in total. The van der Waals surface area contributed by atoms with Crippen LogP contribution >= 0.6 is 11.3 Å². The molecule has 15 heavy (non-hydrogen) atoms. The first kappa shape index (κ1) is 11.9. The van der Waals surface area contributed by atoms with Crippen molar-refractivity contribution in [3.05, 3.63) is 35.2 Å². The Labute approximate surface area is 94.7 Å². The number of ketones is 1. The van der Waals surface area contributed by atoms with Crippen molar-refractivity contribution < 1.29 is 4.79 Å². The molecule has 1 heterocycles. The van der Waals surface area contributed by atoms with Gasteiger partial charge in [0, 0.05) is 21.0 Å². The summed E-state index contributed by atoms with van der Waals surface area (Å²) in [6.45, 7) is 5.86. The fraction of sp³-hybridized carbons (Fsp3) is 0.308. The molecular weight excluding hydrogens is 204 g/mol. The Morgan fingerprint density at radius 3 is 2.47 bits per heavy atom. The molecule has 0 unspecified atom stereocenters. The van der Waals surface area contributed by atoms with Crippen LogP contribution in [0.25, 0.3) is 10.1 Å². The molecule has 2 heteroatoms. The van der Waals surface area contributed by atoms with Crippen LogP contribution in [0.1, 0.15) is 37.6 Å². The predicted octanol–water partition coefficient (Wildman–Crippen LogP) is 4.52. The highest BCUT2D eigenvalue weighted by atomic mass is 32.1. The molecule has 1 aromatic carbocycles. The summed E-state index contributed by atoms with van der Waals surface area (Å²) in [5.74, 6) is 0.146. The van der Waals surface area contributed by atoms with Crippen molar-refractivity contribution in [1.29, 1.82) is 0 Å². The van der Waals surface area contributed by atoms with E-state index in [-0.39, 0.29) is 5.78 Å². The van der Waals surface area contributed by atoms with Crippen molar-refractivity contribution in [2.75, 3.05) is 0 Å². The molecular formula is C13H16OS. The standard InChI is InChI=1S/C10H8OS.C3H8/c1-7(11)9-6-12-10-5-3-2-4-8(9)10;1-3-2/h2-6H,1H3;3H2,1-2H3. The molecule has 0 aliphatic carbocycles. The fourth-order valence-corrected chi connectivity index (χ4v) is 2.25. The smallest absolute Gasteiger partial charge is 0.161 e. The highest BCUT2D eigenvalue weighted by Crippen LogP contribution is 2.25. The van der Waals surface area contributed by atoms with E-state index in [2.05, 4.69) is 13.8 Å². The van der Waals surface area contributed by atoms with Gasteiger partial charge in [-0.15, -0.1) is 11.3 Å². The molecule has 0 bridgehead atoms. The summed E-state index contributed by atoms with van der Waals surface area (Å²) in [6, 6.07) is 7.97. The number of Topliss-reactive ketones (excluding diaryl/α,β-unsaturated/α-hetero) is 1. The van der Waals surface area contributed by atoms with E-state index in [1.54, 1.807) is 18.3 Å². The minimum Gasteiger partial charge on any atom is -0.294 e. The molecule has 0 fully saturated rings. The Bertz CT molecular complexity index is 442. The highest BCUT2D eigenvalue weighted by molar-refractivity contribution is 7.17. The summed E-state index contributed by atoms with van der Waals surface area (Å²) in [7, 11) is 0. The Morgan fingerprint density at radius 1 is 1.27 bits per heavy atom. The van der Waals surface area contributed by atoms with Crippen LogP contribution in [0.2, 0.25) is 0 Å². The summed E-state index contributed by atoms with van der Waals surface area (Å²) < 4.78 is 1.18. The number of hydrogen-bond acceptors (Lipinski definition) is 2. The summed E-state index contributed by atoms with van der Waals surface area (Å²) in [4.78, 5) is 11.1. The zero-order chi connectivity index (χ0) is 11.3. The van der Waals surface area contributed by atoms with Crippen molar-refractivity contribution in [2.45, 2.75) is 27.2 Å². The summed E-state index contributed by atoms with van der Waals surface area (Å²) in [5, 5.41) is 3.00. The maximum absolute atomic E-state index is 11.1. The molecule has 0 atom stereocenters. The van der Waals surface area contributed by atoms with Crippen molar-refractivity contribution in [3.8, 4) is 0 Å². The summed E-state index contributed by atoms with van der Waals surface area (Å²) in [6.07, 6.45) is 1.25. The zero-order valence-corrected chi connectivity index (χ0v) is 10.2. The number of benzene rings is 1. The molecule has 0 aliphatic heterocycles. The third-order valence-electron chi connectivity index (χ3n) is 1.86. The first-order chi connectivity index (χ1) is 7.20. The van der Waals surface area contributed by atoms with Gasteiger partial charge in [0.2, 0.25) is 0 Å². The number of thiophene rings is 1. The molecule has 0 radical (unpaired) electrons. The number of carbonyl (C=O) groups is 1. The third-order valence-corrected chi connectivity index (χ3v) is 2.82. The number of rotatable bonds is 1. The van der Waals surface area contributed by atoms with Crippen molar-refractivity contribution in [3.63, 3.8) is 0 Å². The lowest BCUT2D eigenvalue weighted by molar-refractivity contribution is 0.101. The van der Waals surface area contributed by atoms with Crippen LogP contribution in [-0.4, -0.2) is 5.78 Å². The van der Waals surface area contributed by atoms with E-state index in [4.69, 9.17) is 0 Å². The number of carbonyl (C=O) groups excluding carboxylic acids is 1. The Kier molecular flexibility index (Phi) is 4.50. The maximum atomic E-state index is 11.1. The molecule has 2 rings (SSSR count). The Balaban J connectivity index is 0.000000337. The second-order valence-electron chi connectivity index (χ2n) is 3.41. The summed E-state index contributed by atoms with van der Waals surface area (Å²) in [5.41, 5.74) is 0.843. The predicted molar refractivity (Wildman–Crippen MR) is 67.8 cm³/mol. The first-order valence-corrected chi connectivity index (χ1v) is 6.05. The normalized spacial score (nSPS) is 9.53. The molecule has 0 saturated heterocycles. The third kappa shape index (κ3) is 2.90. The van der Waals surface area contributed by atoms with E-state index in [1.807, 2.05) is 29.6 Å². The van der Waals surface area contributed by atoms with Gasteiger partial charge in [-0.1, -0.05) is 38.5 Å². The maximum Gasteiger partial charge on any atom is 0.161 e. The lowest BCUT2D eigenvalue weighted by atomic mass is 10.1. The van der Waals surface area contributed by atoms with Crippen molar-refractivity contribution in [1.82, 2.24) is 0 Å². The lowest BCUT2D eigenvalue weighted by Crippen LogP contribution is -1.87. The van der Waals surface area contributed by atoms with Crippen LogP contribution < -0.4 is 0 Å². The monoisotopic (exact) mass is 220 g/mol. The van der Waals surface area contributed by atoms with Gasteiger partial charge in [-0.3, -0.25) is 4.79 Å². The molecule has 0 saturated carbocycles. The number of fused-ring (bicyclic) bond motifs is 1. The largest absolute Gasteiger partial charge is 0.294 e. The highest BCUT2D eigenvalue weighted by Gasteiger charge is 2.05. The molecule has 80 valence electrons. The SMILES string of the molecule is CC(=O)c1csc2ccccc12.CCC. The van der Waals surface area contributed by atoms with Crippen LogP contribution in [0.5, 0.6) is 0 Å². The number of hydrogen-bond donors (Lipinski definition) is 0. The Morgan fingerprint density at radius 2 is 1.87 bits per heavy atom. The van der Waals surface area contributed by atoms with Gasteiger partial charge in [0.1, 0.15) is 0 Å². The minimum absolute atomic E-state index is 0.146. The molecule has 0 aliphatic rings. The Hall–Kier alpha value is -1.15. The van der Waals surface area contributed by atoms with Crippen molar-refractivity contribution in [2.24, 2.45) is 0 Å². The van der Waals surface area contributed by atoms with Gasteiger partial charge in [-0.2, -0.15) is 0 Å². The van der Waals surface area contributed by atoms with Crippen LogP contribution in [0, 0.1) is 0 Å². The van der Waals surface area contributed by atoms with Gasteiger partial charge in [-0.25, -0.2) is 0 Å². The molecule has 0 spiro atoms. The van der Waals surface area contributed by atoms with Gasteiger partial charge in [0.15, 0.2) is 5.78 Å². The van der Waals surface area contributed by atoms with Gasteiger partial charge < -0.3 is 0 Å². The van der Waals surface area contributed by atoms with E-state index in [1.165, 1.54) is 11.1 Å². The zero-order valence-electron chi connectivity index (χ0n) is 9.41. The van der Waals surface area contributed by atoms with E-state index < -0.39 is 0 Å². The van der Waals surface area contributed by atoms with Gasteiger partial charge in [0.25, 0.3) is 0 Å². The van der Waals surface area contributed by atoms with Gasteiger partial charge in [0.05, 0.1) is 0 Å². The first-order valence-electron chi connectivity index (χ1n) is 5.17. The van der Waals surface area contributed by atoms with Crippen LogP contribution in [0.15, 0.2) is 29.6 Å². The van der Waals surface area contributed by atoms with Crippen LogP contribution in [0.4, 0.5) is 0 Å².